The molecule has 1 aromatic rings. The van der Waals surface area contributed by atoms with Crippen LogP contribution in [0.3, 0.4) is 0 Å². The first kappa shape index (κ1) is 7.98. The van der Waals surface area contributed by atoms with E-state index < -0.39 is 5.92 Å². The van der Waals surface area contributed by atoms with E-state index in [0.717, 1.165) is 6.92 Å². The summed E-state index contributed by atoms with van der Waals surface area (Å²) < 4.78 is 25.2. The summed E-state index contributed by atoms with van der Waals surface area (Å²) in [5.41, 5.74) is 5.64. The third kappa shape index (κ3) is 1.90. The highest BCUT2D eigenvalue weighted by Gasteiger charge is 2.23. The Kier molecular flexibility index (Phi) is 1.81. The molecule has 0 spiro atoms. The Bertz CT molecular complexity index is 253. The first-order valence-corrected chi connectivity index (χ1v) is 3.24. The molecule has 0 amide bonds. The molecule has 0 aliphatic heterocycles. The molecule has 0 saturated heterocycles. The number of halogens is 2. The molecule has 0 bridgehead atoms. The molecule has 0 radical (unpaired) electrons. The van der Waals surface area contributed by atoms with Crippen LogP contribution in [0, 0.1) is 0 Å². The minimum absolute atomic E-state index is 0.0440. The normalized spacial score (nSPS) is 11.5. The fourth-order valence-electron chi connectivity index (χ4n) is 0.812. The molecule has 60 valence electrons. The van der Waals surface area contributed by atoms with Crippen LogP contribution in [0.2, 0.25) is 0 Å². The van der Waals surface area contributed by atoms with Gasteiger partial charge in [-0.05, 0) is 12.1 Å². The van der Waals surface area contributed by atoms with Crippen LogP contribution in [0.5, 0.6) is 0 Å². The van der Waals surface area contributed by atoms with E-state index in [-0.39, 0.29) is 5.56 Å². The first-order chi connectivity index (χ1) is 5.00. The summed E-state index contributed by atoms with van der Waals surface area (Å²) in [6.07, 6.45) is 0. The summed E-state index contributed by atoms with van der Waals surface area (Å²) in [6.45, 7) is 0.849. The van der Waals surface area contributed by atoms with Crippen molar-refractivity contribution in [2.45, 2.75) is 12.8 Å². The lowest BCUT2D eigenvalue weighted by atomic mass is 10.1. The van der Waals surface area contributed by atoms with Crippen LogP contribution >= 0.6 is 0 Å². The first-order valence-electron chi connectivity index (χ1n) is 3.24. The molecule has 2 N–H and O–H groups in total. The fraction of sp³-hybridized carbons (Fsp3) is 0.250. The van der Waals surface area contributed by atoms with Crippen LogP contribution in [-0.4, -0.2) is 0 Å². The highest BCUT2D eigenvalue weighted by molar-refractivity contribution is 5.41. The van der Waals surface area contributed by atoms with Gasteiger partial charge in [0, 0.05) is 18.2 Å². The second-order valence-electron chi connectivity index (χ2n) is 2.51. The van der Waals surface area contributed by atoms with Crippen LogP contribution in [0.1, 0.15) is 12.5 Å². The molecule has 3 heteroatoms. The van der Waals surface area contributed by atoms with Crippen LogP contribution in [0.4, 0.5) is 14.5 Å². The van der Waals surface area contributed by atoms with Gasteiger partial charge in [0.05, 0.1) is 0 Å². The van der Waals surface area contributed by atoms with Crippen molar-refractivity contribution in [1.29, 1.82) is 0 Å². The Morgan fingerprint density at radius 3 is 2.36 bits per heavy atom. The largest absolute Gasteiger partial charge is 0.399 e. The number of rotatable bonds is 1. The zero-order valence-corrected chi connectivity index (χ0v) is 6.14. The smallest absolute Gasteiger partial charge is 0.270 e. The standard InChI is InChI=1S/C8H9F2N/c1-8(9,10)6-3-2-4-7(11)5-6/h2-5H,11H2,1H3. The highest BCUT2D eigenvalue weighted by Crippen LogP contribution is 2.27. The Balaban J connectivity index is 3.06. The van der Waals surface area contributed by atoms with Gasteiger partial charge in [-0.3, -0.25) is 0 Å². The van der Waals surface area contributed by atoms with Crippen molar-refractivity contribution in [2.24, 2.45) is 0 Å². The van der Waals surface area contributed by atoms with E-state index in [2.05, 4.69) is 0 Å². The second kappa shape index (κ2) is 2.49. The molecule has 1 aromatic carbocycles. The van der Waals surface area contributed by atoms with E-state index in [9.17, 15) is 8.78 Å². The molecule has 0 saturated carbocycles. The lowest BCUT2D eigenvalue weighted by molar-refractivity contribution is 0.0175. The Morgan fingerprint density at radius 2 is 2.00 bits per heavy atom. The molecular formula is C8H9F2N. The van der Waals surface area contributed by atoms with Crippen LogP contribution in [-0.2, 0) is 5.92 Å². The molecule has 1 nitrogen and oxygen atoms in total. The predicted octanol–water partition coefficient (Wildman–Crippen LogP) is 2.38. The number of nitrogens with two attached hydrogens (primary N) is 1. The van der Waals surface area contributed by atoms with Crippen LogP contribution < -0.4 is 5.73 Å². The average Bonchev–Trinajstić information content (AvgIpc) is 1.86. The van der Waals surface area contributed by atoms with Crippen molar-refractivity contribution in [3.05, 3.63) is 29.8 Å². The van der Waals surface area contributed by atoms with Crippen molar-refractivity contribution in [1.82, 2.24) is 0 Å². The van der Waals surface area contributed by atoms with Crippen molar-refractivity contribution in [3.8, 4) is 0 Å². The van der Waals surface area contributed by atoms with Crippen LogP contribution in [0.15, 0.2) is 24.3 Å². The summed E-state index contributed by atoms with van der Waals surface area (Å²) in [7, 11) is 0. The zero-order valence-electron chi connectivity index (χ0n) is 6.14. The van der Waals surface area contributed by atoms with Crippen LogP contribution in [0.25, 0.3) is 0 Å². The lowest BCUT2D eigenvalue weighted by Crippen LogP contribution is -2.06. The maximum Gasteiger partial charge on any atom is 0.270 e. The average molecular weight is 157 g/mol. The quantitative estimate of drug-likeness (QED) is 0.622. The third-order valence-electron chi connectivity index (χ3n) is 1.39. The number of nitrogen functional groups attached to an aromatic ring is 1. The molecule has 0 atom stereocenters. The van der Waals surface area contributed by atoms with Crippen molar-refractivity contribution >= 4 is 5.69 Å². The van der Waals surface area contributed by atoms with E-state index in [4.69, 9.17) is 5.73 Å². The molecule has 1 rings (SSSR count). The van der Waals surface area contributed by atoms with Gasteiger partial charge >= 0.3 is 0 Å². The van der Waals surface area contributed by atoms with E-state index in [0.29, 0.717) is 5.69 Å². The maximum absolute atomic E-state index is 12.6. The molecule has 0 unspecified atom stereocenters. The van der Waals surface area contributed by atoms with Gasteiger partial charge < -0.3 is 5.73 Å². The summed E-state index contributed by atoms with van der Waals surface area (Å²) >= 11 is 0. The van der Waals surface area contributed by atoms with Crippen molar-refractivity contribution in [3.63, 3.8) is 0 Å². The molecule has 11 heavy (non-hydrogen) atoms. The molecular weight excluding hydrogens is 148 g/mol. The van der Waals surface area contributed by atoms with Gasteiger partial charge in [-0.2, -0.15) is 0 Å². The topological polar surface area (TPSA) is 26.0 Å². The van der Waals surface area contributed by atoms with Gasteiger partial charge in [0.1, 0.15) is 0 Å². The van der Waals surface area contributed by atoms with Crippen molar-refractivity contribution in [2.75, 3.05) is 5.73 Å². The highest BCUT2D eigenvalue weighted by atomic mass is 19.3. The van der Waals surface area contributed by atoms with E-state index >= 15 is 0 Å². The molecule has 0 aliphatic carbocycles. The number of hydrogen-bond donors (Lipinski definition) is 1. The molecule has 0 heterocycles. The third-order valence-corrected chi connectivity index (χ3v) is 1.39. The summed E-state index contributed by atoms with van der Waals surface area (Å²) in [6, 6.07) is 5.73. The number of anilines is 1. The number of hydrogen-bond acceptors (Lipinski definition) is 1. The van der Waals surface area contributed by atoms with E-state index in [1.165, 1.54) is 18.2 Å². The van der Waals surface area contributed by atoms with Crippen molar-refractivity contribution < 1.29 is 8.78 Å². The van der Waals surface area contributed by atoms with Gasteiger partial charge in [0.2, 0.25) is 0 Å². The fourth-order valence-corrected chi connectivity index (χ4v) is 0.812. The Morgan fingerprint density at radius 1 is 1.36 bits per heavy atom. The predicted molar refractivity (Wildman–Crippen MR) is 40.4 cm³/mol. The second-order valence-corrected chi connectivity index (χ2v) is 2.51. The van der Waals surface area contributed by atoms with E-state index in [1.807, 2.05) is 0 Å². The molecule has 0 aromatic heterocycles. The van der Waals surface area contributed by atoms with Gasteiger partial charge in [-0.1, -0.05) is 12.1 Å². The van der Waals surface area contributed by atoms with Gasteiger partial charge in [-0.15, -0.1) is 0 Å². The summed E-state index contributed by atoms with van der Waals surface area (Å²) in [5.74, 6) is -2.80. The molecule has 0 fully saturated rings. The van der Waals surface area contributed by atoms with E-state index in [1.54, 1.807) is 6.07 Å². The number of alkyl halides is 2. The number of benzene rings is 1. The summed E-state index contributed by atoms with van der Waals surface area (Å²) in [4.78, 5) is 0. The maximum atomic E-state index is 12.6. The van der Waals surface area contributed by atoms with Gasteiger partial charge in [-0.25, -0.2) is 8.78 Å². The Labute approximate surface area is 63.8 Å². The molecule has 0 aliphatic rings. The monoisotopic (exact) mass is 157 g/mol. The van der Waals surface area contributed by atoms with Gasteiger partial charge in [0.15, 0.2) is 0 Å². The lowest BCUT2D eigenvalue weighted by Gasteiger charge is -2.09. The minimum Gasteiger partial charge on any atom is -0.399 e. The zero-order chi connectivity index (χ0) is 8.48. The Hall–Kier alpha value is -1.12. The SMILES string of the molecule is CC(F)(F)c1cccc(N)c1. The van der Waals surface area contributed by atoms with Gasteiger partial charge in [0.25, 0.3) is 5.92 Å². The summed E-state index contributed by atoms with van der Waals surface area (Å²) in [5, 5.41) is 0. The minimum atomic E-state index is -2.80.